The number of carbonyl (C=O) groups excluding carboxylic acids is 1. The van der Waals surface area contributed by atoms with E-state index >= 15 is 0 Å². The van der Waals surface area contributed by atoms with E-state index in [2.05, 4.69) is 22.9 Å². The van der Waals surface area contributed by atoms with Crippen LogP contribution in [0, 0.1) is 6.92 Å². The molecule has 0 aliphatic rings. The minimum absolute atomic E-state index is 0.162. The van der Waals surface area contributed by atoms with Crippen molar-refractivity contribution in [2.75, 3.05) is 5.32 Å². The molecule has 4 nitrogen and oxygen atoms in total. The van der Waals surface area contributed by atoms with Gasteiger partial charge in [-0.3, -0.25) is 4.79 Å². The van der Waals surface area contributed by atoms with Gasteiger partial charge in [0.05, 0.1) is 0 Å². The molecular formula is C26H42Cl3N3OS. The summed E-state index contributed by atoms with van der Waals surface area (Å²) in [7, 11) is 0. The minimum Gasteiger partial charge on any atom is -0.339 e. The Labute approximate surface area is 227 Å². The Hall–Kier alpha value is -0.750. The van der Waals surface area contributed by atoms with Gasteiger partial charge in [0.15, 0.2) is 5.11 Å². The second-order valence-electron chi connectivity index (χ2n) is 9.00. The molecule has 3 N–H and O–H groups in total. The fraction of sp³-hybridized carbons (Fsp3) is 0.692. The Morgan fingerprint density at radius 1 is 0.824 bits per heavy atom. The van der Waals surface area contributed by atoms with Crippen molar-refractivity contribution in [3.63, 3.8) is 0 Å². The van der Waals surface area contributed by atoms with Crippen molar-refractivity contribution < 1.29 is 4.79 Å². The molecule has 1 aromatic rings. The summed E-state index contributed by atoms with van der Waals surface area (Å²) in [6.45, 7) is 4.26. The molecule has 0 unspecified atom stereocenters. The number of thiocarbonyl (C=S) groups is 1. The van der Waals surface area contributed by atoms with E-state index in [1.807, 2.05) is 31.2 Å². The van der Waals surface area contributed by atoms with Crippen LogP contribution in [0.5, 0.6) is 0 Å². The Morgan fingerprint density at radius 2 is 1.29 bits per heavy atom. The summed E-state index contributed by atoms with van der Waals surface area (Å²) in [5.74, 6) is -0.162. The summed E-state index contributed by atoms with van der Waals surface area (Å²) in [6.07, 6.45) is 15.9. The van der Waals surface area contributed by atoms with Gasteiger partial charge in [-0.1, -0.05) is 136 Å². The number of alkyl halides is 3. The first-order chi connectivity index (χ1) is 16.2. The van der Waals surface area contributed by atoms with Crippen molar-refractivity contribution in [3.8, 4) is 0 Å². The monoisotopic (exact) mass is 549 g/mol. The Kier molecular flexibility index (Phi) is 17.0. The predicted molar refractivity (Wildman–Crippen MR) is 153 cm³/mol. The molecule has 0 saturated heterocycles. The molecule has 0 radical (unpaired) electrons. The number of aryl methyl sites for hydroxylation is 1. The minimum atomic E-state index is -1.75. The molecule has 0 fully saturated rings. The standard InChI is InChI=1S/C26H42Cl3N3OS/c1-3-4-5-6-7-8-9-10-11-12-13-14-15-16-23(33)31-24(26(27,28)29)32-25(34)30-22-19-17-21(2)18-20-22/h17-20,24H,3-16H2,1-2H3,(H,31,33)(H2,30,32,34)/t24-/m0/s1. The zero-order valence-electron chi connectivity index (χ0n) is 20.7. The van der Waals surface area contributed by atoms with E-state index in [1.54, 1.807) is 0 Å². The van der Waals surface area contributed by atoms with Crippen LogP contribution in [0.3, 0.4) is 0 Å². The van der Waals surface area contributed by atoms with Crippen molar-refractivity contribution in [2.24, 2.45) is 0 Å². The van der Waals surface area contributed by atoms with Gasteiger partial charge in [0.25, 0.3) is 0 Å². The molecular weight excluding hydrogens is 509 g/mol. The molecule has 0 aliphatic heterocycles. The van der Waals surface area contributed by atoms with Crippen molar-refractivity contribution in [3.05, 3.63) is 29.8 Å². The van der Waals surface area contributed by atoms with Crippen LogP contribution in [-0.2, 0) is 4.79 Å². The van der Waals surface area contributed by atoms with Crippen LogP contribution in [0.4, 0.5) is 5.69 Å². The zero-order chi connectivity index (χ0) is 25.2. The topological polar surface area (TPSA) is 53.2 Å². The van der Waals surface area contributed by atoms with Crippen LogP contribution in [0.2, 0.25) is 0 Å². The smallest absolute Gasteiger partial charge is 0.228 e. The molecule has 0 heterocycles. The Balaban J connectivity index is 2.17. The predicted octanol–water partition coefficient (Wildman–Crippen LogP) is 8.58. The molecule has 0 aromatic heterocycles. The van der Waals surface area contributed by atoms with Crippen LogP contribution < -0.4 is 16.0 Å². The van der Waals surface area contributed by atoms with Crippen molar-refractivity contribution >= 4 is 63.7 Å². The highest BCUT2D eigenvalue weighted by atomic mass is 35.6. The second kappa shape index (κ2) is 18.5. The number of benzene rings is 1. The molecule has 1 aromatic carbocycles. The van der Waals surface area contributed by atoms with Crippen LogP contribution >= 0.6 is 47.0 Å². The first-order valence-corrected chi connectivity index (χ1v) is 14.3. The fourth-order valence-corrected chi connectivity index (χ4v) is 4.23. The van der Waals surface area contributed by atoms with E-state index in [1.165, 1.54) is 64.2 Å². The summed E-state index contributed by atoms with van der Waals surface area (Å²) in [4.78, 5) is 12.4. The van der Waals surface area contributed by atoms with Crippen molar-refractivity contribution in [1.82, 2.24) is 10.6 Å². The number of carbonyl (C=O) groups is 1. The van der Waals surface area contributed by atoms with Gasteiger partial charge >= 0.3 is 0 Å². The average molecular weight is 551 g/mol. The number of rotatable bonds is 17. The van der Waals surface area contributed by atoms with Crippen LogP contribution in [0.1, 0.15) is 102 Å². The molecule has 0 saturated carbocycles. The lowest BCUT2D eigenvalue weighted by Gasteiger charge is -2.27. The van der Waals surface area contributed by atoms with Crippen molar-refractivity contribution in [2.45, 2.75) is 114 Å². The van der Waals surface area contributed by atoms with Gasteiger partial charge in [0, 0.05) is 12.1 Å². The lowest BCUT2D eigenvalue weighted by molar-refractivity contribution is -0.122. The Morgan fingerprint density at radius 3 is 1.76 bits per heavy atom. The number of unbranched alkanes of at least 4 members (excludes halogenated alkanes) is 12. The maximum absolute atomic E-state index is 12.4. The van der Waals surface area contributed by atoms with E-state index in [0.29, 0.717) is 6.42 Å². The maximum Gasteiger partial charge on any atom is 0.228 e. The van der Waals surface area contributed by atoms with E-state index in [4.69, 9.17) is 47.0 Å². The molecule has 0 spiro atoms. The molecule has 0 bridgehead atoms. The largest absolute Gasteiger partial charge is 0.339 e. The summed E-state index contributed by atoms with van der Waals surface area (Å²) < 4.78 is -1.75. The van der Waals surface area contributed by atoms with E-state index in [9.17, 15) is 4.79 Å². The average Bonchev–Trinajstić information content (AvgIpc) is 2.77. The number of hydrogen-bond donors (Lipinski definition) is 3. The molecule has 0 aliphatic carbocycles. The molecule has 34 heavy (non-hydrogen) atoms. The number of nitrogens with one attached hydrogen (secondary N) is 3. The molecule has 8 heteroatoms. The molecule has 1 amide bonds. The van der Waals surface area contributed by atoms with Crippen molar-refractivity contribution in [1.29, 1.82) is 0 Å². The highest BCUT2D eigenvalue weighted by molar-refractivity contribution is 7.80. The zero-order valence-corrected chi connectivity index (χ0v) is 23.8. The molecule has 1 rings (SSSR count). The second-order valence-corrected chi connectivity index (χ2v) is 11.8. The maximum atomic E-state index is 12.4. The third kappa shape index (κ3) is 16.0. The van der Waals surface area contributed by atoms with Gasteiger partial charge < -0.3 is 16.0 Å². The highest BCUT2D eigenvalue weighted by Crippen LogP contribution is 2.29. The third-order valence-electron chi connectivity index (χ3n) is 5.72. The first-order valence-electron chi connectivity index (χ1n) is 12.7. The quantitative estimate of drug-likeness (QED) is 0.0787. The van der Waals surface area contributed by atoms with Gasteiger partial charge in [-0.2, -0.15) is 0 Å². The summed E-state index contributed by atoms with van der Waals surface area (Å²) in [5, 5.41) is 8.94. The number of anilines is 1. The molecule has 194 valence electrons. The summed E-state index contributed by atoms with van der Waals surface area (Å²) in [5.41, 5.74) is 1.95. The first kappa shape index (κ1) is 31.3. The van der Waals surface area contributed by atoms with E-state index in [0.717, 1.165) is 30.5 Å². The SMILES string of the molecule is CCCCCCCCCCCCCCCC(=O)N[C@@H](NC(=S)Nc1ccc(C)cc1)C(Cl)(Cl)Cl. The van der Waals surface area contributed by atoms with E-state index in [-0.39, 0.29) is 11.0 Å². The lowest BCUT2D eigenvalue weighted by Crippen LogP contribution is -2.56. The van der Waals surface area contributed by atoms with Gasteiger partial charge in [0.2, 0.25) is 9.70 Å². The summed E-state index contributed by atoms with van der Waals surface area (Å²) >= 11 is 23.5. The van der Waals surface area contributed by atoms with Gasteiger partial charge in [0.1, 0.15) is 6.17 Å². The number of hydrogen-bond acceptors (Lipinski definition) is 2. The highest BCUT2D eigenvalue weighted by Gasteiger charge is 2.34. The van der Waals surface area contributed by atoms with Gasteiger partial charge in [-0.05, 0) is 37.7 Å². The van der Waals surface area contributed by atoms with E-state index < -0.39 is 9.96 Å². The van der Waals surface area contributed by atoms with Crippen LogP contribution in [0.25, 0.3) is 0 Å². The molecule has 1 atom stereocenters. The number of halogens is 3. The third-order valence-corrected chi connectivity index (χ3v) is 6.60. The normalized spacial score (nSPS) is 12.3. The lowest BCUT2D eigenvalue weighted by atomic mass is 10.0. The fourth-order valence-electron chi connectivity index (χ4n) is 3.67. The Bertz CT molecular complexity index is 696. The number of amides is 1. The summed E-state index contributed by atoms with van der Waals surface area (Å²) in [6, 6.07) is 7.74. The van der Waals surface area contributed by atoms with Crippen LogP contribution in [0.15, 0.2) is 24.3 Å². The van der Waals surface area contributed by atoms with Gasteiger partial charge in [-0.15, -0.1) is 0 Å². The van der Waals surface area contributed by atoms with Gasteiger partial charge in [-0.25, -0.2) is 0 Å². The van der Waals surface area contributed by atoms with Crippen LogP contribution in [-0.4, -0.2) is 21.0 Å².